The summed E-state index contributed by atoms with van der Waals surface area (Å²) < 4.78 is 0. The molecule has 0 fully saturated rings. The lowest BCUT2D eigenvalue weighted by molar-refractivity contribution is -0.117. The number of anilines is 1. The first kappa shape index (κ1) is 18.2. The van der Waals surface area contributed by atoms with E-state index in [9.17, 15) is 9.59 Å². The van der Waals surface area contributed by atoms with Gasteiger partial charge in [-0.15, -0.1) is 0 Å². The lowest BCUT2D eigenvalue weighted by Crippen LogP contribution is -2.30. The molecule has 0 saturated carbocycles. The van der Waals surface area contributed by atoms with Crippen LogP contribution in [0.1, 0.15) is 44.0 Å². The molecule has 1 atom stereocenters. The molecule has 5 nitrogen and oxygen atoms in total. The topological polar surface area (TPSA) is 84.2 Å². The fourth-order valence-electron chi connectivity index (χ4n) is 2.48. The molecule has 0 aliphatic rings. The van der Waals surface area contributed by atoms with Crippen LogP contribution in [0.4, 0.5) is 5.69 Å². The molecule has 1 rings (SSSR count). The van der Waals surface area contributed by atoms with Crippen molar-refractivity contribution >= 4 is 17.5 Å². The summed E-state index contributed by atoms with van der Waals surface area (Å²) in [5, 5.41) is 5.55. The van der Waals surface area contributed by atoms with Crippen LogP contribution in [0.5, 0.6) is 0 Å². The molecule has 1 aromatic rings. The Kier molecular flexibility index (Phi) is 7.60. The number of benzene rings is 1. The number of hydrogen-bond acceptors (Lipinski definition) is 3. The predicted molar refractivity (Wildman–Crippen MR) is 89.7 cm³/mol. The molecule has 0 radical (unpaired) electrons. The molecule has 0 bridgehead atoms. The Morgan fingerprint density at radius 1 is 1.18 bits per heavy atom. The van der Waals surface area contributed by atoms with Crippen molar-refractivity contribution < 1.29 is 9.59 Å². The highest BCUT2D eigenvalue weighted by molar-refractivity contribution is 6.03. The molecular weight excluding hydrogens is 278 g/mol. The normalized spacial score (nSPS) is 12.0. The Hall–Kier alpha value is -1.88. The molecule has 122 valence electrons. The molecule has 0 saturated heterocycles. The van der Waals surface area contributed by atoms with E-state index in [4.69, 9.17) is 5.73 Å². The quantitative estimate of drug-likeness (QED) is 0.689. The Balaban J connectivity index is 2.69. The molecule has 0 spiro atoms. The molecule has 5 heteroatoms. The molecule has 22 heavy (non-hydrogen) atoms. The van der Waals surface area contributed by atoms with E-state index in [1.54, 1.807) is 24.3 Å². The number of hydrogen-bond donors (Lipinski definition) is 3. The van der Waals surface area contributed by atoms with E-state index >= 15 is 0 Å². The van der Waals surface area contributed by atoms with Gasteiger partial charge in [0.15, 0.2) is 0 Å². The Morgan fingerprint density at radius 3 is 2.50 bits per heavy atom. The van der Waals surface area contributed by atoms with Gasteiger partial charge in [-0.1, -0.05) is 32.9 Å². The maximum Gasteiger partial charge on any atom is 0.253 e. The van der Waals surface area contributed by atoms with Crippen molar-refractivity contribution in [1.82, 2.24) is 5.32 Å². The average Bonchev–Trinajstić information content (AvgIpc) is 2.44. The number of amides is 2. The van der Waals surface area contributed by atoms with Gasteiger partial charge in [-0.3, -0.25) is 9.59 Å². The minimum Gasteiger partial charge on any atom is -0.351 e. The largest absolute Gasteiger partial charge is 0.351 e. The first-order valence-corrected chi connectivity index (χ1v) is 7.81. The zero-order chi connectivity index (χ0) is 16.5. The van der Waals surface area contributed by atoms with Crippen molar-refractivity contribution in [2.24, 2.45) is 17.6 Å². The van der Waals surface area contributed by atoms with Gasteiger partial charge in [-0.25, -0.2) is 0 Å². The van der Waals surface area contributed by atoms with Crippen LogP contribution in [0.15, 0.2) is 24.3 Å². The molecule has 1 unspecified atom stereocenters. The molecule has 2 amide bonds. The third kappa shape index (κ3) is 6.26. The predicted octanol–water partition coefficient (Wildman–Crippen LogP) is 2.39. The standard InChI is InChI=1S/C17H27N3O2/c1-12(2)10-13(3)11-16(21)20-15-7-5-4-6-14(15)17(22)19-9-8-18/h4-7,12-13H,8-11,18H2,1-3H3,(H,19,22)(H,20,21). The van der Waals surface area contributed by atoms with E-state index in [1.807, 2.05) is 0 Å². The smallest absolute Gasteiger partial charge is 0.253 e. The highest BCUT2D eigenvalue weighted by atomic mass is 16.2. The summed E-state index contributed by atoms with van der Waals surface area (Å²) in [6.45, 7) is 7.15. The van der Waals surface area contributed by atoms with Gasteiger partial charge in [0.1, 0.15) is 0 Å². The second-order valence-electron chi connectivity index (χ2n) is 6.08. The fraction of sp³-hybridized carbons (Fsp3) is 0.529. The molecule has 0 aromatic heterocycles. The Morgan fingerprint density at radius 2 is 1.86 bits per heavy atom. The summed E-state index contributed by atoms with van der Waals surface area (Å²) in [6.07, 6.45) is 1.46. The van der Waals surface area contributed by atoms with Crippen molar-refractivity contribution in [1.29, 1.82) is 0 Å². The number of rotatable bonds is 8. The SMILES string of the molecule is CC(C)CC(C)CC(=O)Nc1ccccc1C(=O)NCCN. The van der Waals surface area contributed by atoms with Crippen LogP contribution in [0.3, 0.4) is 0 Å². The minimum absolute atomic E-state index is 0.0628. The lowest BCUT2D eigenvalue weighted by atomic mass is 9.96. The lowest BCUT2D eigenvalue weighted by Gasteiger charge is -2.15. The van der Waals surface area contributed by atoms with Crippen LogP contribution in [-0.4, -0.2) is 24.9 Å². The van der Waals surface area contributed by atoms with Gasteiger partial charge in [0.05, 0.1) is 11.3 Å². The van der Waals surface area contributed by atoms with Gasteiger partial charge in [0, 0.05) is 19.5 Å². The van der Waals surface area contributed by atoms with Crippen LogP contribution < -0.4 is 16.4 Å². The Bertz CT molecular complexity index is 500. The van der Waals surface area contributed by atoms with E-state index < -0.39 is 0 Å². The summed E-state index contributed by atoms with van der Waals surface area (Å²) in [7, 11) is 0. The maximum atomic E-state index is 12.1. The second kappa shape index (κ2) is 9.20. The Labute approximate surface area is 132 Å². The highest BCUT2D eigenvalue weighted by Crippen LogP contribution is 2.18. The minimum atomic E-state index is -0.225. The van der Waals surface area contributed by atoms with Gasteiger partial charge in [0.25, 0.3) is 5.91 Å². The molecule has 0 aliphatic heterocycles. The van der Waals surface area contributed by atoms with Gasteiger partial charge in [0.2, 0.25) is 5.91 Å². The van der Waals surface area contributed by atoms with Crippen LogP contribution >= 0.6 is 0 Å². The zero-order valence-electron chi connectivity index (χ0n) is 13.7. The number of carbonyl (C=O) groups excluding carboxylic acids is 2. The van der Waals surface area contributed by atoms with Crippen molar-refractivity contribution in [2.75, 3.05) is 18.4 Å². The van der Waals surface area contributed by atoms with E-state index in [2.05, 4.69) is 31.4 Å². The second-order valence-corrected chi connectivity index (χ2v) is 6.08. The van der Waals surface area contributed by atoms with E-state index in [0.717, 1.165) is 6.42 Å². The van der Waals surface area contributed by atoms with Gasteiger partial charge in [-0.05, 0) is 30.4 Å². The van der Waals surface area contributed by atoms with Gasteiger partial charge in [-0.2, -0.15) is 0 Å². The summed E-state index contributed by atoms with van der Waals surface area (Å²) in [4.78, 5) is 24.2. The van der Waals surface area contributed by atoms with Crippen LogP contribution in [0.25, 0.3) is 0 Å². The van der Waals surface area contributed by atoms with Crippen molar-refractivity contribution in [3.05, 3.63) is 29.8 Å². The van der Waals surface area contributed by atoms with E-state index in [-0.39, 0.29) is 11.8 Å². The summed E-state index contributed by atoms with van der Waals surface area (Å²) in [6, 6.07) is 7.00. The first-order valence-electron chi connectivity index (χ1n) is 7.81. The number of nitrogens with two attached hydrogens (primary N) is 1. The third-order valence-electron chi connectivity index (χ3n) is 3.28. The fourth-order valence-corrected chi connectivity index (χ4v) is 2.48. The highest BCUT2D eigenvalue weighted by Gasteiger charge is 2.15. The molecular formula is C17H27N3O2. The summed E-state index contributed by atoms with van der Waals surface area (Å²) in [5.41, 5.74) is 6.38. The summed E-state index contributed by atoms with van der Waals surface area (Å²) >= 11 is 0. The average molecular weight is 305 g/mol. The molecule has 0 aliphatic carbocycles. The zero-order valence-corrected chi connectivity index (χ0v) is 13.7. The van der Waals surface area contributed by atoms with Crippen LogP contribution in [0, 0.1) is 11.8 Å². The molecule has 0 heterocycles. The van der Waals surface area contributed by atoms with E-state index in [0.29, 0.717) is 42.6 Å². The monoisotopic (exact) mass is 305 g/mol. The first-order chi connectivity index (χ1) is 10.4. The maximum absolute atomic E-state index is 12.1. The third-order valence-corrected chi connectivity index (χ3v) is 3.28. The van der Waals surface area contributed by atoms with Crippen molar-refractivity contribution in [3.63, 3.8) is 0 Å². The van der Waals surface area contributed by atoms with Crippen molar-refractivity contribution in [3.8, 4) is 0 Å². The van der Waals surface area contributed by atoms with Crippen LogP contribution in [-0.2, 0) is 4.79 Å². The molecule has 1 aromatic carbocycles. The van der Waals surface area contributed by atoms with Crippen LogP contribution in [0.2, 0.25) is 0 Å². The van der Waals surface area contributed by atoms with Gasteiger partial charge < -0.3 is 16.4 Å². The molecule has 4 N–H and O–H groups in total. The number of para-hydroxylation sites is 1. The van der Waals surface area contributed by atoms with E-state index in [1.165, 1.54) is 0 Å². The number of nitrogens with one attached hydrogen (secondary N) is 2. The summed E-state index contributed by atoms with van der Waals surface area (Å²) in [5.74, 6) is 0.596. The number of carbonyl (C=O) groups is 2. The van der Waals surface area contributed by atoms with Crippen molar-refractivity contribution in [2.45, 2.75) is 33.6 Å². The van der Waals surface area contributed by atoms with Gasteiger partial charge >= 0.3 is 0 Å².